The fourth-order valence-electron chi connectivity index (χ4n) is 5.87. The van der Waals surface area contributed by atoms with Crippen LogP contribution in [-0.4, -0.2) is 100 Å². The van der Waals surface area contributed by atoms with E-state index in [4.69, 9.17) is 4.42 Å². The molecule has 0 radical (unpaired) electrons. The molecular formula is C57H51N19O3S3. The van der Waals surface area contributed by atoms with Gasteiger partial charge in [0.1, 0.15) is 35.5 Å². The Morgan fingerprint density at radius 1 is 0.439 bits per heavy atom. The zero-order valence-corrected chi connectivity index (χ0v) is 46.1. The molecule has 3 aromatic carbocycles. The first-order chi connectivity index (χ1) is 40.8. The van der Waals surface area contributed by atoms with Crippen LogP contribution in [0.5, 0.6) is 0 Å². The molecule has 17 rings (SSSR count). The van der Waals surface area contributed by atoms with Crippen LogP contribution in [0.15, 0.2) is 270 Å². The summed E-state index contributed by atoms with van der Waals surface area (Å²) < 4.78 is 15.1. The summed E-state index contributed by atoms with van der Waals surface area (Å²) in [4.78, 5) is 58.2. The van der Waals surface area contributed by atoms with Crippen LogP contribution in [-0.2, 0) is 19.3 Å². The van der Waals surface area contributed by atoms with Crippen molar-refractivity contribution in [1.29, 1.82) is 0 Å². The second-order valence-corrected chi connectivity index (χ2v) is 17.3. The van der Waals surface area contributed by atoms with Gasteiger partial charge in [-0.05, 0) is 54.1 Å². The average molecular weight is 1150 g/mol. The monoisotopic (exact) mass is 1150 g/mol. The number of fused-ring (bicyclic) bond motifs is 5. The van der Waals surface area contributed by atoms with Gasteiger partial charge in [-0.2, -0.15) is 0 Å². The molecule has 410 valence electrons. The van der Waals surface area contributed by atoms with E-state index in [0.717, 1.165) is 70.7 Å². The van der Waals surface area contributed by atoms with Crippen molar-refractivity contribution in [2.45, 2.75) is 25.7 Å². The number of benzene rings is 3. The summed E-state index contributed by atoms with van der Waals surface area (Å²) in [5, 5.41) is 15.5. The first-order valence-corrected chi connectivity index (χ1v) is 27.1. The lowest BCUT2D eigenvalue weighted by molar-refractivity contribution is 0.553. The van der Waals surface area contributed by atoms with Crippen LogP contribution >= 0.6 is 34.0 Å². The van der Waals surface area contributed by atoms with E-state index in [1.807, 2.05) is 115 Å². The molecule has 0 amide bonds. The lowest BCUT2D eigenvalue weighted by atomic mass is 10.2. The molecular weight excluding hydrogens is 1090 g/mol. The van der Waals surface area contributed by atoms with Gasteiger partial charge < -0.3 is 13.3 Å². The van der Waals surface area contributed by atoms with Crippen LogP contribution in [0.3, 0.4) is 0 Å². The highest BCUT2D eigenvalue weighted by Gasteiger charge is 2.05. The molecule has 10 aromatic heterocycles. The summed E-state index contributed by atoms with van der Waals surface area (Å²) in [6.45, 7) is 0. The third kappa shape index (κ3) is 26.1. The number of para-hydroxylation sites is 4. The van der Waals surface area contributed by atoms with Crippen molar-refractivity contribution < 1.29 is 13.3 Å². The number of hydrogen-bond donors (Lipinski definition) is 0. The third-order valence-electron chi connectivity index (χ3n) is 9.43. The molecule has 0 fully saturated rings. The fraction of sp³-hybridized carbons (Fsp3) is 0.0702. The summed E-state index contributed by atoms with van der Waals surface area (Å²) in [7, 11) is 0. The zero-order valence-electron chi connectivity index (χ0n) is 43.6. The molecule has 0 unspecified atom stereocenters. The van der Waals surface area contributed by atoms with Crippen LogP contribution in [0.2, 0.25) is 0 Å². The molecule has 82 heavy (non-hydrogen) atoms. The molecule has 0 N–H and O–H groups in total. The smallest absolute Gasteiger partial charge is 0.203 e. The molecule has 0 bridgehead atoms. The number of rotatable bonds is 0. The summed E-state index contributed by atoms with van der Waals surface area (Å²) in [5.74, 6) is 0.824. The first-order valence-electron chi connectivity index (χ1n) is 24.4. The summed E-state index contributed by atoms with van der Waals surface area (Å²) >= 11 is 4.77. The maximum Gasteiger partial charge on any atom is 0.203 e. The van der Waals surface area contributed by atoms with E-state index in [0.29, 0.717) is 0 Å². The highest BCUT2D eigenvalue weighted by molar-refractivity contribution is 7.16. The average Bonchev–Trinajstić information content (AvgIpc) is 4.41. The molecule has 0 saturated heterocycles. The number of thiazole rings is 2. The van der Waals surface area contributed by atoms with Crippen molar-refractivity contribution >= 4 is 97.4 Å². The van der Waals surface area contributed by atoms with Crippen molar-refractivity contribution in [3.63, 3.8) is 0 Å². The second kappa shape index (κ2) is 40.6. The van der Waals surface area contributed by atoms with Gasteiger partial charge in [-0.15, -0.1) is 54.4 Å². The Morgan fingerprint density at radius 2 is 1.18 bits per heavy atom. The normalized spacial score (nSPS) is 11.0. The predicted octanol–water partition coefficient (Wildman–Crippen LogP) is 12.5. The minimum atomic E-state index is 0.824. The molecule has 4 aliphatic rings. The highest BCUT2D eigenvalue weighted by atomic mass is 32.1. The van der Waals surface area contributed by atoms with Gasteiger partial charge in [-0.25, -0.2) is 39.9 Å². The van der Waals surface area contributed by atoms with Crippen LogP contribution in [0, 0.1) is 0 Å². The summed E-state index contributed by atoms with van der Waals surface area (Å²) in [5.41, 5.74) is 15.6. The number of aromatic nitrogens is 15. The Balaban J connectivity index is 0.000000145. The third-order valence-corrected chi connectivity index (χ3v) is 11.2. The molecule has 0 spiro atoms. The highest BCUT2D eigenvalue weighted by Crippen LogP contribution is 2.23. The van der Waals surface area contributed by atoms with Gasteiger partial charge in [0.2, 0.25) is 12.8 Å². The largest absolute Gasteiger partial charge is 0.452 e. The van der Waals surface area contributed by atoms with Gasteiger partial charge in [0.25, 0.3) is 0 Å². The van der Waals surface area contributed by atoms with E-state index >= 15 is 0 Å². The van der Waals surface area contributed by atoms with Crippen molar-refractivity contribution in [1.82, 2.24) is 75.2 Å². The quantitative estimate of drug-likeness (QED) is 0.136. The molecule has 0 aliphatic carbocycles. The van der Waals surface area contributed by atoms with Gasteiger partial charge in [-0.1, -0.05) is 48.5 Å². The molecule has 22 nitrogen and oxygen atoms in total. The van der Waals surface area contributed by atoms with Gasteiger partial charge in [0.05, 0.1) is 44.5 Å². The van der Waals surface area contributed by atoms with Crippen molar-refractivity contribution in [3.05, 3.63) is 254 Å². The minimum absolute atomic E-state index is 0.824. The van der Waals surface area contributed by atoms with Crippen molar-refractivity contribution in [2.75, 3.05) is 0 Å². The number of pyridine rings is 1. The zero-order chi connectivity index (χ0) is 56.7. The van der Waals surface area contributed by atoms with E-state index < -0.39 is 0 Å². The van der Waals surface area contributed by atoms with Crippen LogP contribution in [0.4, 0.5) is 17.2 Å². The Hall–Kier alpha value is -10.6. The SMILES string of the molecule is C1=CN=CC1.C1=Nc2ccccc2C1.C1=Nc2cccnc2C1.C1=Nc2ncncc2C1.c1ccc2ocnc2c1.c1ccc2scnc2c1.c1cnccn1.c1cncnc1.c1cocn1.c1cscn1.c1nnco1.c1nncs1. The van der Waals surface area contributed by atoms with Crippen molar-refractivity contribution in [2.24, 2.45) is 20.0 Å². The number of nitrogens with zero attached hydrogens (tertiary/aromatic N) is 19. The maximum atomic E-state index is 5.01. The second-order valence-electron chi connectivity index (χ2n) is 14.9. The maximum absolute atomic E-state index is 5.01. The molecule has 0 saturated carbocycles. The lowest BCUT2D eigenvalue weighted by Crippen LogP contribution is -1.82. The Bertz CT molecular complexity index is 3170. The first kappa shape index (κ1) is 60.6. The standard InChI is InChI=1S/C8H7N.C7H6N2.C7H5NO.C7H5NS.C6H5N3.2C4H4N2.C4H5N.C3H3NO.C3H3NS.C2H2N2O.C2H2N2S/c1-2-4-8-7(3-1)5-6-9-8;1-2-6-7(8-4-1)3-5-9-6;2*1-2-4-7-6(3-1)8-5-9-7;1-2-8-6-5(1)3-7-4-9-6;1-2-6-4-3-5-1;1-2-5-4-6-3-1;1-2-4-5-3-1;2*1-2-5-3-4-1;2*1-3-4-2-5-1/h1-4,6H,5H2;1-2,4-5H,3H2;2*1-5H;2-4H,1H2;2*1-4H;1,3-4H,2H2;2*1-3H;2*1-2H. The molecule has 13 aromatic rings. The summed E-state index contributed by atoms with van der Waals surface area (Å²) in [6, 6.07) is 29.7. The molecule has 0 atom stereocenters. The number of hydrogen-bond acceptors (Lipinski definition) is 25. The predicted molar refractivity (Wildman–Crippen MR) is 321 cm³/mol. The van der Waals surface area contributed by atoms with E-state index in [-0.39, 0.29) is 0 Å². The lowest BCUT2D eigenvalue weighted by Gasteiger charge is -1.91. The number of oxazole rings is 2. The van der Waals surface area contributed by atoms with Crippen molar-refractivity contribution in [3.8, 4) is 0 Å². The van der Waals surface area contributed by atoms with E-state index in [1.165, 1.54) is 66.1 Å². The van der Waals surface area contributed by atoms with Crippen LogP contribution < -0.4 is 0 Å². The molecule has 25 heteroatoms. The van der Waals surface area contributed by atoms with E-state index in [1.54, 1.807) is 113 Å². The van der Waals surface area contributed by atoms with E-state index in [2.05, 4.69) is 116 Å². The minimum Gasteiger partial charge on any atom is -0.452 e. The number of allylic oxidation sites excluding steroid dienone is 1. The van der Waals surface area contributed by atoms with Gasteiger partial charge in [0, 0.05) is 123 Å². The Labute approximate surface area is 482 Å². The Kier molecular flexibility index (Phi) is 30.0. The van der Waals surface area contributed by atoms with Crippen LogP contribution in [0.25, 0.3) is 21.3 Å². The molecule has 14 heterocycles. The van der Waals surface area contributed by atoms with Crippen LogP contribution in [0.1, 0.15) is 23.2 Å². The van der Waals surface area contributed by atoms with Gasteiger partial charge in [0.15, 0.2) is 24.2 Å². The fourth-order valence-corrected chi connectivity index (χ4v) is 7.17. The van der Waals surface area contributed by atoms with E-state index in [9.17, 15) is 0 Å². The molecule has 4 aliphatic heterocycles. The number of aliphatic imine (C=N–C) groups is 4. The van der Waals surface area contributed by atoms with Gasteiger partial charge in [-0.3, -0.25) is 34.9 Å². The Morgan fingerprint density at radius 3 is 1.74 bits per heavy atom. The topological polar surface area (TPSA) is 282 Å². The summed E-state index contributed by atoms with van der Waals surface area (Å²) in [6.07, 6.45) is 42.0. The van der Waals surface area contributed by atoms with Gasteiger partial charge >= 0.3 is 0 Å².